The van der Waals surface area contributed by atoms with Crippen molar-refractivity contribution in [1.82, 2.24) is 4.57 Å². The molecular weight excluding hydrogens is 587 g/mol. The molecule has 0 amide bonds. The molecule has 0 spiro atoms. The van der Waals surface area contributed by atoms with Crippen LogP contribution in [0.25, 0.3) is 60.2 Å². The van der Waals surface area contributed by atoms with Crippen LogP contribution in [0.15, 0.2) is 172 Å². The Labute approximate surface area is 277 Å². The number of hydrogen-bond donors (Lipinski definition) is 0. The second kappa shape index (κ2) is 11.5. The van der Waals surface area contributed by atoms with Gasteiger partial charge in [0, 0.05) is 27.8 Å². The van der Waals surface area contributed by atoms with Gasteiger partial charge >= 0.3 is 0 Å². The third-order valence-electron chi connectivity index (χ3n) is 9.26. The molecule has 2 aromatic heterocycles. The van der Waals surface area contributed by atoms with E-state index in [1.165, 1.54) is 21.5 Å². The smallest absolute Gasteiger partial charge is 0.158 e. The molecule has 228 valence electrons. The number of para-hydroxylation sites is 2. The molecule has 48 heavy (non-hydrogen) atoms. The van der Waals surface area contributed by atoms with E-state index in [0.717, 1.165) is 55.3 Å². The van der Waals surface area contributed by atoms with Crippen molar-refractivity contribution in [3.63, 3.8) is 0 Å². The van der Waals surface area contributed by atoms with E-state index in [0.29, 0.717) is 5.84 Å². The van der Waals surface area contributed by atoms with Gasteiger partial charge in [0.05, 0.1) is 28.3 Å². The third kappa shape index (κ3) is 4.69. The van der Waals surface area contributed by atoms with Gasteiger partial charge in [-0.3, -0.25) is 4.99 Å². The second-order valence-corrected chi connectivity index (χ2v) is 12.2. The van der Waals surface area contributed by atoms with Crippen LogP contribution in [0.1, 0.15) is 29.7 Å². The van der Waals surface area contributed by atoms with Gasteiger partial charge in [0.25, 0.3) is 0 Å². The van der Waals surface area contributed by atoms with Crippen LogP contribution in [0.3, 0.4) is 0 Å². The minimum atomic E-state index is -0.141. The Morgan fingerprint density at radius 3 is 2.08 bits per heavy atom. The summed E-state index contributed by atoms with van der Waals surface area (Å²) < 4.78 is 8.87. The van der Waals surface area contributed by atoms with Gasteiger partial charge in [-0.05, 0) is 65.2 Å². The van der Waals surface area contributed by atoms with Gasteiger partial charge in [0.1, 0.15) is 11.2 Å². The lowest BCUT2D eigenvalue weighted by Gasteiger charge is -2.17. The van der Waals surface area contributed by atoms with Gasteiger partial charge in [-0.2, -0.15) is 0 Å². The second-order valence-electron chi connectivity index (χ2n) is 12.2. The van der Waals surface area contributed by atoms with Gasteiger partial charge in [0.15, 0.2) is 5.84 Å². The quantitative estimate of drug-likeness (QED) is 0.140. The van der Waals surface area contributed by atoms with Crippen LogP contribution in [-0.2, 0) is 0 Å². The number of hydrogen-bond acceptors (Lipinski definition) is 2. The molecule has 1 unspecified atom stereocenters. The molecule has 0 saturated heterocycles. The molecule has 9 rings (SSSR count). The molecule has 0 aliphatic rings. The summed E-state index contributed by atoms with van der Waals surface area (Å²) in [5, 5.41) is 6.85. The fourth-order valence-corrected chi connectivity index (χ4v) is 6.96. The zero-order valence-corrected chi connectivity index (χ0v) is 26.4. The highest BCUT2D eigenvalue weighted by molar-refractivity contribution is 6.23. The van der Waals surface area contributed by atoms with E-state index >= 15 is 0 Å². The summed E-state index contributed by atoms with van der Waals surface area (Å²) >= 11 is 0. The lowest BCUT2D eigenvalue weighted by molar-refractivity contribution is 0.669. The first-order chi connectivity index (χ1) is 23.7. The molecule has 0 radical (unpaired) electrons. The lowest BCUT2D eigenvalue weighted by Crippen LogP contribution is -2.09. The molecule has 4 heteroatoms. The standard InChI is InChI=1S/C44H31N3O/c1-29(31-16-6-3-7-17-31)46-44(45-28-30-14-4-2-5-15-30)43-38(24-25-41-42(43)35-21-11-13-23-40(35)48-41)47-37-22-12-10-20-34(37)36-26-32-18-8-9-19-33(32)27-39(36)47/h2-29H,1H3. The highest BCUT2D eigenvalue weighted by Crippen LogP contribution is 2.40. The Morgan fingerprint density at radius 2 is 1.27 bits per heavy atom. The van der Waals surface area contributed by atoms with Gasteiger partial charge in [0.2, 0.25) is 0 Å². The van der Waals surface area contributed by atoms with Crippen molar-refractivity contribution >= 4 is 66.6 Å². The first-order valence-electron chi connectivity index (χ1n) is 16.3. The van der Waals surface area contributed by atoms with E-state index in [1.54, 1.807) is 0 Å². The first-order valence-corrected chi connectivity index (χ1v) is 16.3. The summed E-state index contributed by atoms with van der Waals surface area (Å²) in [5.74, 6) is 0.647. The molecule has 0 saturated carbocycles. The number of aromatic nitrogens is 1. The van der Waals surface area contributed by atoms with Crippen LogP contribution < -0.4 is 0 Å². The molecule has 7 aromatic carbocycles. The Bertz CT molecular complexity index is 2680. The number of amidine groups is 1. The van der Waals surface area contributed by atoms with Crippen molar-refractivity contribution < 1.29 is 4.42 Å². The van der Waals surface area contributed by atoms with Gasteiger partial charge in [-0.1, -0.05) is 121 Å². The van der Waals surface area contributed by atoms with Gasteiger partial charge in [-0.15, -0.1) is 0 Å². The van der Waals surface area contributed by atoms with Crippen LogP contribution in [0.4, 0.5) is 0 Å². The minimum absolute atomic E-state index is 0.141. The Balaban J connectivity index is 1.42. The van der Waals surface area contributed by atoms with E-state index in [-0.39, 0.29) is 6.04 Å². The Kier molecular flexibility index (Phi) is 6.72. The Morgan fingerprint density at radius 1 is 0.604 bits per heavy atom. The third-order valence-corrected chi connectivity index (χ3v) is 9.26. The summed E-state index contributed by atoms with van der Waals surface area (Å²) in [6.07, 6.45) is 1.92. The fraction of sp³-hybridized carbons (Fsp3) is 0.0455. The monoisotopic (exact) mass is 617 g/mol. The fourth-order valence-electron chi connectivity index (χ4n) is 6.96. The largest absolute Gasteiger partial charge is 0.456 e. The van der Waals surface area contributed by atoms with E-state index in [1.807, 2.05) is 42.6 Å². The molecule has 0 aliphatic heterocycles. The molecule has 0 bridgehead atoms. The maximum atomic E-state index is 6.48. The molecule has 2 heterocycles. The molecule has 0 fully saturated rings. The molecule has 0 N–H and O–H groups in total. The summed E-state index contributed by atoms with van der Waals surface area (Å²) in [6.45, 7) is 2.13. The van der Waals surface area contributed by atoms with E-state index in [4.69, 9.17) is 14.4 Å². The molecule has 1 atom stereocenters. The summed E-state index contributed by atoms with van der Waals surface area (Å²) in [4.78, 5) is 10.6. The number of furan rings is 1. The van der Waals surface area contributed by atoms with E-state index in [2.05, 4.69) is 133 Å². The number of fused-ring (bicyclic) bond motifs is 7. The van der Waals surface area contributed by atoms with Crippen LogP contribution in [0.5, 0.6) is 0 Å². The van der Waals surface area contributed by atoms with Gasteiger partial charge in [-0.25, -0.2) is 4.99 Å². The average molecular weight is 618 g/mol. The first kappa shape index (κ1) is 28.0. The van der Waals surface area contributed by atoms with Crippen molar-refractivity contribution in [3.8, 4) is 5.69 Å². The maximum Gasteiger partial charge on any atom is 0.158 e. The normalized spacial score (nSPS) is 13.1. The number of nitrogens with zero attached hydrogens (tertiary/aromatic N) is 3. The Hall–Kier alpha value is -6.26. The highest BCUT2D eigenvalue weighted by Gasteiger charge is 2.24. The molecule has 4 nitrogen and oxygen atoms in total. The number of aliphatic imine (C=N–C) groups is 2. The van der Waals surface area contributed by atoms with Crippen LogP contribution in [0, 0.1) is 0 Å². The maximum absolute atomic E-state index is 6.48. The predicted octanol–water partition coefficient (Wildman–Crippen LogP) is 11.5. The van der Waals surface area contributed by atoms with Crippen molar-refractivity contribution in [2.45, 2.75) is 13.0 Å². The number of rotatable bonds is 5. The molecule has 0 aliphatic carbocycles. The summed E-state index contributed by atoms with van der Waals surface area (Å²) in [5.41, 5.74) is 7.95. The van der Waals surface area contributed by atoms with Gasteiger partial charge < -0.3 is 8.98 Å². The van der Waals surface area contributed by atoms with Crippen molar-refractivity contribution in [2.75, 3.05) is 0 Å². The van der Waals surface area contributed by atoms with Crippen molar-refractivity contribution in [1.29, 1.82) is 0 Å². The summed E-state index contributed by atoms with van der Waals surface area (Å²) in [7, 11) is 0. The highest BCUT2D eigenvalue weighted by atomic mass is 16.3. The topological polar surface area (TPSA) is 42.8 Å². The lowest BCUT2D eigenvalue weighted by atomic mass is 10.0. The van der Waals surface area contributed by atoms with E-state index in [9.17, 15) is 0 Å². The minimum Gasteiger partial charge on any atom is -0.456 e. The number of benzene rings is 7. The predicted molar refractivity (Wildman–Crippen MR) is 201 cm³/mol. The average Bonchev–Trinajstić information content (AvgIpc) is 3.68. The van der Waals surface area contributed by atoms with Crippen LogP contribution in [0.2, 0.25) is 0 Å². The van der Waals surface area contributed by atoms with Crippen LogP contribution >= 0.6 is 0 Å². The summed E-state index contributed by atoms with van der Waals surface area (Å²) in [6, 6.07) is 54.8. The van der Waals surface area contributed by atoms with Crippen molar-refractivity contribution in [2.24, 2.45) is 9.98 Å². The van der Waals surface area contributed by atoms with E-state index < -0.39 is 0 Å². The SMILES string of the molecule is CC(N=C(N=Cc1ccccc1)c1c(-n2c3ccccc3c3cc4ccccc4cc32)ccc2oc3ccccc3c12)c1ccccc1. The zero-order chi connectivity index (χ0) is 32.0. The zero-order valence-electron chi connectivity index (χ0n) is 26.4. The van der Waals surface area contributed by atoms with Crippen LogP contribution in [-0.4, -0.2) is 16.6 Å². The molecule has 9 aromatic rings. The van der Waals surface area contributed by atoms with Crippen molar-refractivity contribution in [3.05, 3.63) is 174 Å². The molecular formula is C44H31N3O.